The van der Waals surface area contributed by atoms with Gasteiger partial charge in [0.15, 0.2) is 0 Å². The van der Waals surface area contributed by atoms with E-state index in [-0.39, 0.29) is 11.5 Å². The summed E-state index contributed by atoms with van der Waals surface area (Å²) >= 11 is 0. The number of piperidine rings is 1. The van der Waals surface area contributed by atoms with Crippen LogP contribution in [0.25, 0.3) is 0 Å². The molecule has 0 aliphatic carbocycles. The number of likely N-dealkylation sites (tertiary alicyclic amines) is 1. The van der Waals surface area contributed by atoms with Gasteiger partial charge in [0.2, 0.25) is 0 Å². The van der Waals surface area contributed by atoms with Crippen LogP contribution in [0.5, 0.6) is 0 Å². The Hall–Kier alpha value is -1.62. The van der Waals surface area contributed by atoms with Crippen LogP contribution in [-0.4, -0.2) is 34.9 Å². The van der Waals surface area contributed by atoms with Gasteiger partial charge in [-0.1, -0.05) is 6.07 Å². The predicted octanol–water partition coefficient (Wildman–Crippen LogP) is 0.496. The van der Waals surface area contributed by atoms with E-state index < -0.39 is 0 Å². The molecule has 3 N–H and O–H groups in total. The highest BCUT2D eigenvalue weighted by molar-refractivity contribution is 5.79. The number of amidine groups is 1. The van der Waals surface area contributed by atoms with Gasteiger partial charge in [0.1, 0.15) is 0 Å². The molecule has 0 atom stereocenters. The summed E-state index contributed by atoms with van der Waals surface area (Å²) in [7, 11) is 0. The molecule has 0 spiro atoms. The first-order chi connectivity index (χ1) is 8.66. The highest BCUT2D eigenvalue weighted by atomic mass is 16.1. The number of hydrogen-bond donors (Lipinski definition) is 2. The zero-order valence-electron chi connectivity index (χ0n) is 10.5. The summed E-state index contributed by atoms with van der Waals surface area (Å²) in [4.78, 5) is 13.9. The number of rotatable bonds is 4. The van der Waals surface area contributed by atoms with Crippen LogP contribution >= 0.6 is 0 Å². The van der Waals surface area contributed by atoms with Crippen LogP contribution in [0.15, 0.2) is 29.2 Å². The van der Waals surface area contributed by atoms with Crippen LogP contribution < -0.4 is 11.3 Å². The van der Waals surface area contributed by atoms with Gasteiger partial charge in [-0.3, -0.25) is 10.2 Å². The first-order valence-corrected chi connectivity index (χ1v) is 6.38. The van der Waals surface area contributed by atoms with Crippen LogP contribution in [-0.2, 0) is 6.54 Å². The lowest BCUT2D eigenvalue weighted by Gasteiger charge is -2.31. The van der Waals surface area contributed by atoms with Gasteiger partial charge in [0, 0.05) is 31.3 Å². The van der Waals surface area contributed by atoms with E-state index in [9.17, 15) is 4.79 Å². The first kappa shape index (κ1) is 12.8. The largest absolute Gasteiger partial charge is 0.387 e. The molecule has 5 heteroatoms. The Kier molecular flexibility index (Phi) is 4.15. The molecule has 1 aromatic rings. The van der Waals surface area contributed by atoms with Crippen molar-refractivity contribution in [3.05, 3.63) is 34.7 Å². The Morgan fingerprint density at radius 1 is 1.33 bits per heavy atom. The molecule has 0 bridgehead atoms. The Bertz CT molecular complexity index is 460. The SMILES string of the molecule is N=C(N)C1CCN(CCn2ccccc2=O)CC1. The average molecular weight is 248 g/mol. The highest BCUT2D eigenvalue weighted by Crippen LogP contribution is 2.16. The predicted molar refractivity (Wildman–Crippen MR) is 71.8 cm³/mol. The minimum atomic E-state index is 0.0520. The van der Waals surface area contributed by atoms with Crippen LogP contribution in [0.1, 0.15) is 12.8 Å². The number of pyridine rings is 1. The van der Waals surface area contributed by atoms with Crippen molar-refractivity contribution in [2.24, 2.45) is 11.7 Å². The second-order valence-corrected chi connectivity index (χ2v) is 4.80. The van der Waals surface area contributed by atoms with Gasteiger partial charge >= 0.3 is 0 Å². The number of nitrogens with zero attached hydrogens (tertiary/aromatic N) is 2. The smallest absolute Gasteiger partial charge is 0.250 e. The summed E-state index contributed by atoms with van der Waals surface area (Å²) < 4.78 is 1.73. The Labute approximate surface area is 107 Å². The molecule has 0 unspecified atom stereocenters. The number of nitrogens with one attached hydrogen (secondary N) is 1. The third-order valence-corrected chi connectivity index (χ3v) is 3.58. The van der Waals surface area contributed by atoms with E-state index in [0.29, 0.717) is 5.84 Å². The third-order valence-electron chi connectivity index (χ3n) is 3.58. The van der Waals surface area contributed by atoms with Gasteiger partial charge in [0.05, 0.1) is 5.84 Å². The molecule has 0 amide bonds. The van der Waals surface area contributed by atoms with Crippen molar-refractivity contribution < 1.29 is 0 Å². The van der Waals surface area contributed by atoms with Crippen molar-refractivity contribution >= 4 is 5.84 Å². The summed E-state index contributed by atoms with van der Waals surface area (Å²) in [5.41, 5.74) is 5.57. The van der Waals surface area contributed by atoms with Crippen molar-refractivity contribution in [1.82, 2.24) is 9.47 Å². The van der Waals surface area contributed by atoms with Gasteiger partial charge in [-0.05, 0) is 32.0 Å². The fraction of sp³-hybridized carbons (Fsp3) is 0.538. The molecule has 2 heterocycles. The second kappa shape index (κ2) is 5.82. The maximum Gasteiger partial charge on any atom is 0.250 e. The van der Waals surface area contributed by atoms with Gasteiger partial charge in [0.25, 0.3) is 5.56 Å². The Morgan fingerprint density at radius 3 is 2.67 bits per heavy atom. The van der Waals surface area contributed by atoms with E-state index in [1.807, 2.05) is 12.3 Å². The topological polar surface area (TPSA) is 75.1 Å². The van der Waals surface area contributed by atoms with E-state index in [0.717, 1.165) is 39.0 Å². The van der Waals surface area contributed by atoms with E-state index >= 15 is 0 Å². The summed E-state index contributed by atoms with van der Waals surface area (Å²) in [6.45, 7) is 3.54. The molecule has 18 heavy (non-hydrogen) atoms. The summed E-state index contributed by atoms with van der Waals surface area (Å²) in [6.07, 6.45) is 3.74. The lowest BCUT2D eigenvalue weighted by molar-refractivity contribution is 0.201. The normalized spacial score (nSPS) is 17.8. The third kappa shape index (κ3) is 3.20. The van der Waals surface area contributed by atoms with E-state index in [2.05, 4.69) is 4.90 Å². The molecule has 1 aliphatic heterocycles. The van der Waals surface area contributed by atoms with Crippen LogP contribution in [0.4, 0.5) is 0 Å². The zero-order valence-corrected chi connectivity index (χ0v) is 10.5. The van der Waals surface area contributed by atoms with Crippen molar-refractivity contribution in [1.29, 1.82) is 5.41 Å². The minimum Gasteiger partial charge on any atom is -0.387 e. The lowest BCUT2D eigenvalue weighted by atomic mass is 9.96. The van der Waals surface area contributed by atoms with Gasteiger partial charge in [-0.15, -0.1) is 0 Å². The summed E-state index contributed by atoms with van der Waals surface area (Å²) in [5.74, 6) is 0.564. The molecule has 98 valence electrons. The van der Waals surface area contributed by atoms with Crippen molar-refractivity contribution in [3.63, 3.8) is 0 Å². The molecule has 1 aliphatic rings. The maximum atomic E-state index is 11.5. The van der Waals surface area contributed by atoms with Crippen molar-refractivity contribution in [3.8, 4) is 0 Å². The first-order valence-electron chi connectivity index (χ1n) is 6.38. The molecule has 0 saturated carbocycles. The maximum absolute atomic E-state index is 11.5. The quantitative estimate of drug-likeness (QED) is 0.601. The fourth-order valence-electron chi connectivity index (χ4n) is 2.36. The molecule has 2 rings (SSSR count). The van der Waals surface area contributed by atoms with Crippen LogP contribution in [0, 0.1) is 11.3 Å². The molecule has 0 aromatic carbocycles. The zero-order chi connectivity index (χ0) is 13.0. The van der Waals surface area contributed by atoms with Crippen LogP contribution in [0.2, 0.25) is 0 Å². The van der Waals surface area contributed by atoms with Gasteiger partial charge in [-0.2, -0.15) is 0 Å². The highest BCUT2D eigenvalue weighted by Gasteiger charge is 2.20. The van der Waals surface area contributed by atoms with Gasteiger partial charge < -0.3 is 15.2 Å². The van der Waals surface area contributed by atoms with Crippen molar-refractivity contribution in [2.75, 3.05) is 19.6 Å². The lowest BCUT2D eigenvalue weighted by Crippen LogP contribution is -2.40. The van der Waals surface area contributed by atoms with E-state index in [4.69, 9.17) is 11.1 Å². The molecule has 1 aromatic heterocycles. The number of nitrogens with two attached hydrogens (primary N) is 1. The summed E-state index contributed by atoms with van der Waals surface area (Å²) in [6, 6.07) is 5.22. The molecule has 0 radical (unpaired) electrons. The second-order valence-electron chi connectivity index (χ2n) is 4.80. The average Bonchev–Trinajstić information content (AvgIpc) is 2.38. The fourth-order valence-corrected chi connectivity index (χ4v) is 2.36. The Balaban J connectivity index is 1.81. The standard InChI is InChI=1S/C13H20N4O/c14-13(15)11-4-7-16(8-5-11)9-10-17-6-2-1-3-12(17)18/h1-3,6,11H,4-5,7-10H2,(H3,14,15). The summed E-state index contributed by atoms with van der Waals surface area (Å²) in [5, 5.41) is 7.43. The Morgan fingerprint density at radius 2 is 2.06 bits per heavy atom. The number of hydrogen-bond acceptors (Lipinski definition) is 3. The number of aromatic nitrogens is 1. The molecular weight excluding hydrogens is 228 g/mol. The van der Waals surface area contributed by atoms with E-state index in [1.54, 1.807) is 16.7 Å². The van der Waals surface area contributed by atoms with E-state index in [1.165, 1.54) is 0 Å². The van der Waals surface area contributed by atoms with Gasteiger partial charge in [-0.25, -0.2) is 0 Å². The monoisotopic (exact) mass is 248 g/mol. The molecular formula is C13H20N4O. The van der Waals surface area contributed by atoms with Crippen LogP contribution in [0.3, 0.4) is 0 Å². The van der Waals surface area contributed by atoms with Crippen molar-refractivity contribution in [2.45, 2.75) is 19.4 Å². The molecule has 1 saturated heterocycles. The minimum absolute atomic E-state index is 0.0520. The molecule has 5 nitrogen and oxygen atoms in total. The molecule has 1 fully saturated rings.